The van der Waals surface area contributed by atoms with Crippen LogP contribution in [0.5, 0.6) is 0 Å². The Kier molecular flexibility index (Phi) is 9.69. The molecule has 2 atom stereocenters. The number of nitrogens with one attached hydrogen (secondary N) is 1. The Bertz CT molecular complexity index is 1600. The number of alkyl halides is 3. The first-order chi connectivity index (χ1) is 21.1. The van der Waals surface area contributed by atoms with Crippen LogP contribution in [0.4, 0.5) is 29.2 Å². The molecule has 1 saturated heterocycles. The SMILES string of the molecule is CC(F)CN(C)CC1CCCN1c1ncc(Cn2cc(NC(=O)c3cncc(-c4c(C(F)F)ccc(Cl)c4F)n3)cn2)cn1. The molecule has 232 valence electrons. The molecule has 1 fully saturated rings. The molecule has 1 amide bonds. The number of aromatic nitrogens is 6. The predicted octanol–water partition coefficient (Wildman–Crippen LogP) is 5.42. The maximum absolute atomic E-state index is 14.7. The average molecular weight is 632 g/mol. The summed E-state index contributed by atoms with van der Waals surface area (Å²) in [4.78, 5) is 34.1. The molecule has 0 bridgehead atoms. The van der Waals surface area contributed by atoms with Gasteiger partial charge in [0.05, 0.1) is 41.5 Å². The molecule has 1 aliphatic rings. The molecule has 0 radical (unpaired) electrons. The van der Waals surface area contributed by atoms with Crippen LogP contribution in [-0.4, -0.2) is 79.4 Å². The summed E-state index contributed by atoms with van der Waals surface area (Å²) in [5.41, 5.74) is -0.486. The second-order valence-electron chi connectivity index (χ2n) is 10.7. The predicted molar refractivity (Wildman–Crippen MR) is 157 cm³/mol. The number of benzene rings is 1. The van der Waals surface area contributed by atoms with E-state index in [0.717, 1.165) is 56.0 Å². The zero-order valence-electron chi connectivity index (χ0n) is 24.0. The minimum atomic E-state index is -3.00. The van der Waals surface area contributed by atoms with Crippen molar-refractivity contribution in [2.45, 2.75) is 44.9 Å². The van der Waals surface area contributed by atoms with E-state index in [9.17, 15) is 22.4 Å². The fraction of sp³-hybridized carbons (Fsp3) is 0.379. The largest absolute Gasteiger partial charge is 0.337 e. The third kappa shape index (κ3) is 7.30. The van der Waals surface area contributed by atoms with E-state index in [0.29, 0.717) is 24.7 Å². The number of carbonyl (C=O) groups is 1. The van der Waals surface area contributed by atoms with Crippen LogP contribution < -0.4 is 10.2 Å². The van der Waals surface area contributed by atoms with Crippen LogP contribution in [0.2, 0.25) is 5.02 Å². The lowest BCUT2D eigenvalue weighted by Crippen LogP contribution is -2.41. The molecular formula is C29H30ClF4N9O. The number of likely N-dealkylation sites (N-methyl/N-ethyl adjacent to an activating group) is 1. The smallest absolute Gasteiger partial charge is 0.275 e. The van der Waals surface area contributed by atoms with E-state index in [1.54, 1.807) is 30.2 Å². The summed E-state index contributed by atoms with van der Waals surface area (Å²) in [6.45, 7) is 3.82. The van der Waals surface area contributed by atoms with Crippen molar-refractivity contribution in [2.24, 2.45) is 0 Å². The maximum Gasteiger partial charge on any atom is 0.275 e. The highest BCUT2D eigenvalue weighted by molar-refractivity contribution is 6.31. The Morgan fingerprint density at radius 1 is 1.16 bits per heavy atom. The highest BCUT2D eigenvalue weighted by Gasteiger charge is 2.28. The van der Waals surface area contributed by atoms with Gasteiger partial charge in [0.15, 0.2) is 5.82 Å². The average Bonchev–Trinajstić information content (AvgIpc) is 3.63. The minimum Gasteiger partial charge on any atom is -0.337 e. The zero-order chi connectivity index (χ0) is 31.4. The van der Waals surface area contributed by atoms with Crippen molar-refractivity contribution in [1.29, 1.82) is 0 Å². The van der Waals surface area contributed by atoms with Gasteiger partial charge in [-0.2, -0.15) is 5.10 Å². The summed E-state index contributed by atoms with van der Waals surface area (Å²) in [5.74, 6) is -1.15. The summed E-state index contributed by atoms with van der Waals surface area (Å²) in [6.07, 6.45) is 6.79. The number of anilines is 2. The number of hydrogen-bond donors (Lipinski definition) is 1. The van der Waals surface area contributed by atoms with Crippen LogP contribution in [0.1, 0.15) is 47.8 Å². The standard InChI is InChI=1S/C29H30ClF4N9O/c1-17(31)13-41(2)16-20-4-3-7-43(20)29-36-8-18(9-37-29)14-42-15-19(10-38-42)39-28(44)24-12-35-11-23(40-24)25-21(27(33)34)5-6-22(30)26(25)32/h5-6,8-12,15,17,20,27H,3-4,7,13-14,16H2,1-2H3,(H,39,44). The van der Waals surface area contributed by atoms with E-state index in [4.69, 9.17) is 11.6 Å². The fourth-order valence-electron chi connectivity index (χ4n) is 5.23. The third-order valence-electron chi connectivity index (χ3n) is 7.13. The molecule has 10 nitrogen and oxygen atoms in total. The number of hydrogen-bond acceptors (Lipinski definition) is 8. The summed E-state index contributed by atoms with van der Waals surface area (Å²) < 4.78 is 56.8. The van der Waals surface area contributed by atoms with Crippen molar-refractivity contribution in [3.63, 3.8) is 0 Å². The molecule has 1 aliphatic heterocycles. The van der Waals surface area contributed by atoms with Crippen LogP contribution in [0, 0.1) is 5.82 Å². The summed E-state index contributed by atoms with van der Waals surface area (Å²) in [5, 5.41) is 6.53. The molecule has 4 heterocycles. The third-order valence-corrected chi connectivity index (χ3v) is 7.42. The minimum absolute atomic E-state index is 0.211. The second-order valence-corrected chi connectivity index (χ2v) is 11.1. The van der Waals surface area contributed by atoms with Gasteiger partial charge in [0.1, 0.15) is 11.9 Å². The van der Waals surface area contributed by atoms with Gasteiger partial charge in [0.2, 0.25) is 5.95 Å². The van der Waals surface area contributed by atoms with Crippen LogP contribution in [0.25, 0.3) is 11.3 Å². The zero-order valence-corrected chi connectivity index (χ0v) is 24.7. The van der Waals surface area contributed by atoms with E-state index in [1.165, 1.54) is 6.20 Å². The van der Waals surface area contributed by atoms with Crippen LogP contribution in [-0.2, 0) is 6.54 Å². The quantitative estimate of drug-likeness (QED) is 0.219. The van der Waals surface area contributed by atoms with Gasteiger partial charge in [-0.3, -0.25) is 14.5 Å². The summed E-state index contributed by atoms with van der Waals surface area (Å²) in [7, 11) is 1.91. The lowest BCUT2D eigenvalue weighted by molar-refractivity contribution is 0.102. The Morgan fingerprint density at radius 2 is 1.93 bits per heavy atom. The highest BCUT2D eigenvalue weighted by atomic mass is 35.5. The van der Waals surface area contributed by atoms with Gasteiger partial charge >= 0.3 is 0 Å². The van der Waals surface area contributed by atoms with E-state index in [-0.39, 0.29) is 22.5 Å². The van der Waals surface area contributed by atoms with E-state index < -0.39 is 35.4 Å². The number of carbonyl (C=O) groups excluding carboxylic acids is 1. The first-order valence-electron chi connectivity index (χ1n) is 13.9. The molecule has 4 aromatic rings. The molecule has 5 rings (SSSR count). The van der Waals surface area contributed by atoms with Gasteiger partial charge in [0, 0.05) is 61.0 Å². The van der Waals surface area contributed by atoms with Crippen LogP contribution in [0.15, 0.2) is 49.3 Å². The van der Waals surface area contributed by atoms with Crippen molar-refractivity contribution in [1.82, 2.24) is 34.6 Å². The van der Waals surface area contributed by atoms with Gasteiger partial charge in [-0.05, 0) is 32.9 Å². The van der Waals surface area contributed by atoms with E-state index >= 15 is 0 Å². The topological polar surface area (TPSA) is 105 Å². The van der Waals surface area contributed by atoms with Crippen molar-refractivity contribution < 1.29 is 22.4 Å². The van der Waals surface area contributed by atoms with Crippen molar-refractivity contribution >= 4 is 29.1 Å². The monoisotopic (exact) mass is 631 g/mol. The molecule has 0 saturated carbocycles. The molecule has 1 N–H and O–H groups in total. The highest BCUT2D eigenvalue weighted by Crippen LogP contribution is 2.35. The number of rotatable bonds is 11. The number of nitrogens with zero attached hydrogens (tertiary/aromatic N) is 8. The van der Waals surface area contributed by atoms with Gasteiger partial charge < -0.3 is 15.1 Å². The lowest BCUT2D eigenvalue weighted by Gasteiger charge is -2.29. The first kappa shape index (κ1) is 31.3. The molecule has 0 aliphatic carbocycles. The van der Waals surface area contributed by atoms with Gasteiger partial charge in [-0.15, -0.1) is 0 Å². The number of halogens is 5. The molecule has 0 spiro atoms. The summed E-state index contributed by atoms with van der Waals surface area (Å²) >= 11 is 5.80. The molecule has 15 heteroatoms. The van der Waals surface area contributed by atoms with Crippen molar-refractivity contribution in [3.05, 3.63) is 77.0 Å². The molecule has 2 unspecified atom stereocenters. The molecule has 44 heavy (non-hydrogen) atoms. The van der Waals surface area contributed by atoms with Crippen LogP contribution in [0.3, 0.4) is 0 Å². The summed E-state index contributed by atoms with van der Waals surface area (Å²) in [6, 6.07) is 2.25. The van der Waals surface area contributed by atoms with Crippen LogP contribution >= 0.6 is 11.6 Å². The Hall–Kier alpha value is -4.17. The normalized spacial score (nSPS) is 15.8. The van der Waals surface area contributed by atoms with Gasteiger partial charge in [-0.1, -0.05) is 17.7 Å². The van der Waals surface area contributed by atoms with Gasteiger partial charge in [-0.25, -0.2) is 32.5 Å². The molecular weight excluding hydrogens is 602 g/mol. The lowest BCUT2D eigenvalue weighted by atomic mass is 10.0. The van der Waals surface area contributed by atoms with Crippen molar-refractivity contribution in [3.8, 4) is 11.3 Å². The van der Waals surface area contributed by atoms with E-state index in [2.05, 4.69) is 35.3 Å². The molecule has 1 aromatic carbocycles. The molecule has 3 aromatic heterocycles. The second kappa shape index (κ2) is 13.6. The fourth-order valence-corrected chi connectivity index (χ4v) is 5.39. The first-order valence-corrected chi connectivity index (χ1v) is 14.3. The Morgan fingerprint density at radius 3 is 2.66 bits per heavy atom. The Labute approximate surface area is 256 Å². The maximum atomic E-state index is 14.7. The van der Waals surface area contributed by atoms with E-state index in [1.807, 2.05) is 11.9 Å². The van der Waals surface area contributed by atoms with Crippen molar-refractivity contribution in [2.75, 3.05) is 36.9 Å². The van der Waals surface area contributed by atoms with Gasteiger partial charge in [0.25, 0.3) is 12.3 Å². The number of amides is 1. The Balaban J connectivity index is 1.22.